The number of amides is 1. The second kappa shape index (κ2) is 8.65. The van der Waals surface area contributed by atoms with E-state index in [0.717, 1.165) is 11.1 Å². The van der Waals surface area contributed by atoms with E-state index in [0.29, 0.717) is 29.5 Å². The van der Waals surface area contributed by atoms with Crippen LogP contribution in [0.5, 0.6) is 0 Å². The zero-order valence-electron chi connectivity index (χ0n) is 13.0. The molecule has 0 aliphatic carbocycles. The van der Waals surface area contributed by atoms with Crippen molar-refractivity contribution in [2.45, 2.75) is 19.4 Å². The molecule has 0 bridgehead atoms. The van der Waals surface area contributed by atoms with Gasteiger partial charge in [-0.1, -0.05) is 60.1 Å². The predicted molar refractivity (Wildman–Crippen MR) is 98.4 cm³/mol. The number of carbonyl (C=O) groups is 1. The highest BCUT2D eigenvalue weighted by atomic mass is 35.5. The summed E-state index contributed by atoms with van der Waals surface area (Å²) in [4.78, 5) is 13.9. The minimum absolute atomic E-state index is 0.102. The van der Waals surface area contributed by atoms with Gasteiger partial charge in [0.25, 0.3) is 0 Å². The topological polar surface area (TPSA) is 32.3 Å². The number of nitrogens with one attached hydrogen (secondary N) is 1. The minimum Gasteiger partial charge on any atom is -0.348 e. The van der Waals surface area contributed by atoms with Crippen molar-refractivity contribution < 1.29 is 4.79 Å². The molecule has 2 aromatic carbocycles. The molecule has 0 spiro atoms. The van der Waals surface area contributed by atoms with Gasteiger partial charge in [0.2, 0.25) is 5.91 Å². The van der Waals surface area contributed by atoms with Gasteiger partial charge in [-0.15, -0.1) is 0 Å². The van der Waals surface area contributed by atoms with Gasteiger partial charge in [0.15, 0.2) is 5.11 Å². The van der Waals surface area contributed by atoms with Gasteiger partial charge >= 0.3 is 0 Å². The maximum atomic E-state index is 12.0. The first kappa shape index (κ1) is 17.4. The van der Waals surface area contributed by atoms with Crippen LogP contribution in [0.1, 0.15) is 17.5 Å². The molecule has 0 saturated heterocycles. The lowest BCUT2D eigenvalue weighted by molar-refractivity contribution is -0.119. The summed E-state index contributed by atoms with van der Waals surface area (Å²) in [5.74, 6) is -0.102. The minimum atomic E-state index is -0.102. The number of aryl methyl sites for hydroxylation is 1. The average molecular weight is 347 g/mol. The van der Waals surface area contributed by atoms with Gasteiger partial charge in [-0.3, -0.25) is 4.79 Å². The Morgan fingerprint density at radius 1 is 1.13 bits per heavy atom. The number of rotatable bonds is 5. The quantitative estimate of drug-likeness (QED) is 0.836. The molecular weight excluding hydrogens is 328 g/mol. The predicted octanol–water partition coefficient (Wildman–Crippen LogP) is 3.81. The van der Waals surface area contributed by atoms with Crippen molar-refractivity contribution in [3.63, 3.8) is 0 Å². The Balaban J connectivity index is 1.80. The van der Waals surface area contributed by atoms with Crippen molar-refractivity contribution in [2.24, 2.45) is 0 Å². The van der Waals surface area contributed by atoms with E-state index >= 15 is 0 Å². The second-order valence-corrected chi connectivity index (χ2v) is 6.08. The Kier molecular flexibility index (Phi) is 6.56. The SMILES string of the molecule is CN(Cc1ccccc1)C(=S)NC(=O)CCc1ccccc1Cl. The zero-order valence-corrected chi connectivity index (χ0v) is 14.5. The van der Waals surface area contributed by atoms with E-state index in [9.17, 15) is 4.79 Å². The molecular formula is C18H19ClN2OS. The molecule has 0 radical (unpaired) electrons. The van der Waals surface area contributed by atoms with Crippen molar-refractivity contribution >= 4 is 34.8 Å². The second-order valence-electron chi connectivity index (χ2n) is 5.29. The summed E-state index contributed by atoms with van der Waals surface area (Å²) in [6, 6.07) is 17.5. The molecule has 5 heteroatoms. The summed E-state index contributed by atoms with van der Waals surface area (Å²) in [7, 11) is 1.86. The van der Waals surface area contributed by atoms with E-state index in [-0.39, 0.29) is 5.91 Å². The molecule has 0 aliphatic heterocycles. The van der Waals surface area contributed by atoms with Crippen molar-refractivity contribution in [1.29, 1.82) is 0 Å². The van der Waals surface area contributed by atoms with E-state index in [1.807, 2.05) is 66.5 Å². The first-order valence-corrected chi connectivity index (χ1v) is 8.17. The Hall–Kier alpha value is -1.91. The molecule has 0 unspecified atom stereocenters. The summed E-state index contributed by atoms with van der Waals surface area (Å²) < 4.78 is 0. The number of hydrogen-bond acceptors (Lipinski definition) is 2. The van der Waals surface area contributed by atoms with Crippen LogP contribution in [0.25, 0.3) is 0 Å². The molecule has 0 heterocycles. The van der Waals surface area contributed by atoms with Crippen LogP contribution in [-0.4, -0.2) is 23.0 Å². The highest BCUT2D eigenvalue weighted by molar-refractivity contribution is 7.80. The van der Waals surface area contributed by atoms with Crippen molar-refractivity contribution in [3.8, 4) is 0 Å². The zero-order chi connectivity index (χ0) is 16.7. The molecule has 0 atom stereocenters. The maximum absolute atomic E-state index is 12.0. The molecule has 0 fully saturated rings. The lowest BCUT2D eigenvalue weighted by atomic mass is 10.1. The van der Waals surface area contributed by atoms with E-state index in [4.69, 9.17) is 23.8 Å². The first-order chi connectivity index (χ1) is 11.1. The third-order valence-electron chi connectivity index (χ3n) is 3.43. The van der Waals surface area contributed by atoms with Gasteiger partial charge in [-0.05, 0) is 35.8 Å². The standard InChI is InChI=1S/C18H19ClN2OS/c1-21(13-14-7-3-2-4-8-14)18(23)20-17(22)12-11-15-9-5-6-10-16(15)19/h2-10H,11-13H2,1H3,(H,20,22,23). The summed E-state index contributed by atoms with van der Waals surface area (Å²) >= 11 is 11.4. The molecule has 23 heavy (non-hydrogen) atoms. The number of hydrogen-bond donors (Lipinski definition) is 1. The van der Waals surface area contributed by atoms with Gasteiger partial charge in [-0.25, -0.2) is 0 Å². The lowest BCUT2D eigenvalue weighted by Gasteiger charge is -2.20. The Morgan fingerprint density at radius 3 is 2.48 bits per heavy atom. The van der Waals surface area contributed by atoms with Crippen molar-refractivity contribution in [3.05, 3.63) is 70.7 Å². The molecule has 1 amide bonds. The van der Waals surface area contributed by atoms with Crippen LogP contribution in [0.15, 0.2) is 54.6 Å². The number of benzene rings is 2. The number of carbonyl (C=O) groups excluding carboxylic acids is 1. The summed E-state index contributed by atoms with van der Waals surface area (Å²) in [6.45, 7) is 0.657. The summed E-state index contributed by atoms with van der Waals surface area (Å²) in [6.07, 6.45) is 0.944. The lowest BCUT2D eigenvalue weighted by Crippen LogP contribution is -2.40. The normalized spacial score (nSPS) is 10.2. The largest absolute Gasteiger partial charge is 0.348 e. The van der Waals surface area contributed by atoms with Gasteiger partial charge < -0.3 is 10.2 Å². The first-order valence-electron chi connectivity index (χ1n) is 7.38. The molecule has 1 N–H and O–H groups in total. The highest BCUT2D eigenvalue weighted by Gasteiger charge is 2.10. The number of nitrogens with zero attached hydrogens (tertiary/aromatic N) is 1. The van der Waals surface area contributed by atoms with Gasteiger partial charge in [0.05, 0.1) is 0 Å². The number of halogens is 1. The van der Waals surface area contributed by atoms with Crippen molar-refractivity contribution in [1.82, 2.24) is 10.2 Å². The van der Waals surface area contributed by atoms with Crippen LogP contribution in [0, 0.1) is 0 Å². The summed E-state index contributed by atoms with van der Waals surface area (Å²) in [5.41, 5.74) is 2.11. The third kappa shape index (κ3) is 5.66. The molecule has 2 aromatic rings. The van der Waals surface area contributed by atoms with Crippen LogP contribution < -0.4 is 5.32 Å². The van der Waals surface area contributed by atoms with E-state index in [1.54, 1.807) is 0 Å². The maximum Gasteiger partial charge on any atom is 0.226 e. The van der Waals surface area contributed by atoms with E-state index in [1.165, 1.54) is 0 Å². The van der Waals surface area contributed by atoms with E-state index < -0.39 is 0 Å². The number of thiocarbonyl (C=S) groups is 1. The molecule has 2 rings (SSSR count). The van der Waals surface area contributed by atoms with Crippen LogP contribution in [0.4, 0.5) is 0 Å². The van der Waals surface area contributed by atoms with Crippen molar-refractivity contribution in [2.75, 3.05) is 7.05 Å². The van der Waals surface area contributed by atoms with Gasteiger partial charge in [-0.2, -0.15) is 0 Å². The smallest absolute Gasteiger partial charge is 0.226 e. The molecule has 120 valence electrons. The molecule has 0 saturated carbocycles. The van der Waals surface area contributed by atoms with Crippen LogP contribution >= 0.6 is 23.8 Å². The monoisotopic (exact) mass is 346 g/mol. The van der Waals surface area contributed by atoms with Crippen LogP contribution in [-0.2, 0) is 17.8 Å². The van der Waals surface area contributed by atoms with E-state index in [2.05, 4.69) is 5.32 Å². The van der Waals surface area contributed by atoms with Crippen LogP contribution in [0.2, 0.25) is 5.02 Å². The highest BCUT2D eigenvalue weighted by Crippen LogP contribution is 2.16. The van der Waals surface area contributed by atoms with Gasteiger partial charge in [0.1, 0.15) is 0 Å². The molecule has 3 nitrogen and oxygen atoms in total. The Labute approximate surface area is 147 Å². The fourth-order valence-electron chi connectivity index (χ4n) is 2.16. The molecule has 0 aromatic heterocycles. The Morgan fingerprint density at radius 2 is 1.78 bits per heavy atom. The van der Waals surface area contributed by atoms with Gasteiger partial charge in [0, 0.05) is 25.0 Å². The van der Waals surface area contributed by atoms with Crippen LogP contribution in [0.3, 0.4) is 0 Å². The third-order valence-corrected chi connectivity index (χ3v) is 4.22. The molecule has 0 aliphatic rings. The summed E-state index contributed by atoms with van der Waals surface area (Å²) in [5, 5.41) is 3.88. The fraction of sp³-hybridized carbons (Fsp3) is 0.222. The fourth-order valence-corrected chi connectivity index (χ4v) is 2.56. The average Bonchev–Trinajstić information content (AvgIpc) is 2.55. The Bertz CT molecular complexity index is 676.